The Morgan fingerprint density at radius 3 is 2.59 bits per heavy atom. The summed E-state index contributed by atoms with van der Waals surface area (Å²) >= 11 is 0. The van der Waals surface area contributed by atoms with Crippen molar-refractivity contribution in [3.63, 3.8) is 0 Å². The predicted molar refractivity (Wildman–Crippen MR) is 107 cm³/mol. The summed E-state index contributed by atoms with van der Waals surface area (Å²) in [6.07, 6.45) is 3.08. The molecule has 0 aliphatic rings. The lowest BCUT2D eigenvalue weighted by molar-refractivity contribution is -0.138. The summed E-state index contributed by atoms with van der Waals surface area (Å²) in [5.41, 5.74) is 3.86. The minimum Gasteiger partial charge on any atom is -0.458 e. The minimum absolute atomic E-state index is 0.0145. The molecule has 0 aliphatic heterocycles. The molecule has 0 radical (unpaired) electrons. The van der Waals surface area contributed by atoms with Crippen molar-refractivity contribution >= 4 is 23.0 Å². The second kappa shape index (κ2) is 8.04. The van der Waals surface area contributed by atoms with Crippen LogP contribution in [0.3, 0.4) is 0 Å². The molecule has 0 aliphatic carbocycles. The quantitative estimate of drug-likeness (QED) is 0.365. The molecule has 0 unspecified atom stereocenters. The van der Waals surface area contributed by atoms with Crippen molar-refractivity contribution in [1.82, 2.24) is 0 Å². The maximum absolute atomic E-state index is 12.0. The third kappa shape index (κ3) is 4.53. The predicted octanol–water partition coefficient (Wildman–Crippen LogP) is 4.98. The summed E-state index contributed by atoms with van der Waals surface area (Å²) < 4.78 is 10.7. The molecule has 4 heteroatoms. The van der Waals surface area contributed by atoms with E-state index in [9.17, 15) is 9.59 Å². The van der Waals surface area contributed by atoms with E-state index >= 15 is 0 Å². The van der Waals surface area contributed by atoms with Crippen LogP contribution in [0.5, 0.6) is 0 Å². The third-order valence-corrected chi connectivity index (χ3v) is 4.42. The molecule has 0 amide bonds. The number of hydrogen-bond acceptors (Lipinski definition) is 4. The lowest BCUT2D eigenvalue weighted by atomic mass is 9.95. The Hall–Kier alpha value is -3.14. The van der Waals surface area contributed by atoms with Gasteiger partial charge in [-0.2, -0.15) is 0 Å². The zero-order valence-corrected chi connectivity index (χ0v) is 15.7. The van der Waals surface area contributed by atoms with Crippen molar-refractivity contribution in [2.75, 3.05) is 0 Å². The Balaban J connectivity index is 1.83. The van der Waals surface area contributed by atoms with Crippen molar-refractivity contribution in [3.05, 3.63) is 87.3 Å². The monoisotopic (exact) mass is 362 g/mol. The number of rotatable bonds is 5. The number of aryl methyl sites for hydroxylation is 1. The molecule has 2 aromatic carbocycles. The second-order valence-electron chi connectivity index (χ2n) is 6.80. The first kappa shape index (κ1) is 18.6. The van der Waals surface area contributed by atoms with Crippen LogP contribution in [-0.2, 0) is 16.1 Å². The number of ether oxygens (including phenoxy) is 1. The molecule has 27 heavy (non-hydrogen) atoms. The Bertz CT molecular complexity index is 1040. The molecule has 0 N–H and O–H groups in total. The summed E-state index contributed by atoms with van der Waals surface area (Å²) in [6.45, 7) is 6.24. The van der Waals surface area contributed by atoms with E-state index in [2.05, 4.69) is 13.8 Å². The van der Waals surface area contributed by atoms with Crippen LogP contribution >= 0.6 is 0 Å². The van der Waals surface area contributed by atoms with Crippen LogP contribution in [-0.4, -0.2) is 5.97 Å². The molecular formula is C23H22O4. The second-order valence-corrected chi connectivity index (χ2v) is 6.80. The molecule has 4 nitrogen and oxygen atoms in total. The first-order valence-corrected chi connectivity index (χ1v) is 8.91. The lowest BCUT2D eigenvalue weighted by Gasteiger charge is -2.13. The normalized spacial score (nSPS) is 11.4. The fraction of sp³-hybridized carbons (Fsp3) is 0.217. The average molecular weight is 362 g/mol. The van der Waals surface area contributed by atoms with Crippen LogP contribution in [0.25, 0.3) is 17.0 Å². The molecule has 1 aromatic heterocycles. The van der Waals surface area contributed by atoms with E-state index in [0.29, 0.717) is 17.1 Å². The standard InChI is InChI=1S/C23H22O4/c1-15(2)19-13-20-18(12-23(25)27-21(20)11-16(19)3)14-26-22(24)10-9-17-7-5-4-6-8-17/h4-13,15H,14H2,1-3H3. The fourth-order valence-electron chi connectivity index (χ4n) is 3.06. The topological polar surface area (TPSA) is 56.5 Å². The largest absolute Gasteiger partial charge is 0.458 e. The highest BCUT2D eigenvalue weighted by Gasteiger charge is 2.12. The van der Waals surface area contributed by atoms with Crippen LogP contribution in [0, 0.1) is 6.92 Å². The maximum atomic E-state index is 12.0. The molecular weight excluding hydrogens is 340 g/mol. The molecule has 0 saturated carbocycles. The van der Waals surface area contributed by atoms with E-state index in [1.165, 1.54) is 17.7 Å². The Morgan fingerprint density at radius 2 is 1.89 bits per heavy atom. The number of esters is 1. The van der Waals surface area contributed by atoms with Gasteiger partial charge in [-0.05, 0) is 47.7 Å². The molecule has 3 rings (SSSR count). The van der Waals surface area contributed by atoms with E-state index in [-0.39, 0.29) is 6.61 Å². The summed E-state index contributed by atoms with van der Waals surface area (Å²) in [6, 6.07) is 14.8. The van der Waals surface area contributed by atoms with Gasteiger partial charge in [0.2, 0.25) is 0 Å². The van der Waals surface area contributed by atoms with Crippen molar-refractivity contribution in [2.24, 2.45) is 0 Å². The molecule has 1 heterocycles. The average Bonchev–Trinajstić information content (AvgIpc) is 2.64. The van der Waals surface area contributed by atoms with Crippen LogP contribution in [0.2, 0.25) is 0 Å². The summed E-state index contributed by atoms with van der Waals surface area (Å²) in [5, 5.41) is 0.795. The van der Waals surface area contributed by atoms with Gasteiger partial charge in [0.15, 0.2) is 0 Å². The van der Waals surface area contributed by atoms with E-state index < -0.39 is 11.6 Å². The zero-order chi connectivity index (χ0) is 19.4. The van der Waals surface area contributed by atoms with Crippen molar-refractivity contribution in [2.45, 2.75) is 33.3 Å². The number of hydrogen-bond donors (Lipinski definition) is 0. The van der Waals surface area contributed by atoms with E-state index in [4.69, 9.17) is 9.15 Å². The first-order chi connectivity index (χ1) is 12.9. The smallest absolute Gasteiger partial charge is 0.336 e. The maximum Gasteiger partial charge on any atom is 0.336 e. The molecule has 0 fully saturated rings. The van der Waals surface area contributed by atoms with Crippen LogP contribution in [0.15, 0.2) is 63.8 Å². The molecule has 3 aromatic rings. The summed E-state index contributed by atoms with van der Waals surface area (Å²) in [7, 11) is 0. The van der Waals surface area contributed by atoms with Crippen LogP contribution in [0.4, 0.5) is 0 Å². The highest BCUT2D eigenvalue weighted by Crippen LogP contribution is 2.27. The highest BCUT2D eigenvalue weighted by molar-refractivity contribution is 5.87. The van der Waals surface area contributed by atoms with E-state index in [1.807, 2.05) is 49.4 Å². The van der Waals surface area contributed by atoms with Crippen molar-refractivity contribution in [3.8, 4) is 0 Å². The SMILES string of the molecule is Cc1cc2oc(=O)cc(COC(=O)C=Cc3ccccc3)c2cc1C(C)C. The van der Waals surface area contributed by atoms with Gasteiger partial charge in [0.25, 0.3) is 0 Å². The molecule has 0 spiro atoms. The molecule has 0 atom stereocenters. The van der Waals surface area contributed by atoms with Crippen LogP contribution < -0.4 is 5.63 Å². The molecule has 0 bridgehead atoms. The number of carbonyl (C=O) groups is 1. The van der Waals surface area contributed by atoms with E-state index in [0.717, 1.165) is 16.5 Å². The fourth-order valence-corrected chi connectivity index (χ4v) is 3.06. The molecule has 138 valence electrons. The Kier molecular flexibility index (Phi) is 5.55. The minimum atomic E-state index is -0.462. The third-order valence-electron chi connectivity index (χ3n) is 4.42. The first-order valence-electron chi connectivity index (χ1n) is 8.91. The van der Waals surface area contributed by atoms with Gasteiger partial charge in [0.05, 0.1) is 0 Å². The van der Waals surface area contributed by atoms with Gasteiger partial charge in [-0.15, -0.1) is 0 Å². The van der Waals surface area contributed by atoms with Gasteiger partial charge in [0.1, 0.15) is 12.2 Å². The van der Waals surface area contributed by atoms with Crippen molar-refractivity contribution in [1.29, 1.82) is 0 Å². The highest BCUT2D eigenvalue weighted by atomic mass is 16.5. The summed E-state index contributed by atoms with van der Waals surface area (Å²) in [5.74, 6) is -0.123. The molecule has 0 saturated heterocycles. The van der Waals surface area contributed by atoms with Gasteiger partial charge in [-0.25, -0.2) is 9.59 Å². The van der Waals surface area contributed by atoms with E-state index in [1.54, 1.807) is 6.08 Å². The van der Waals surface area contributed by atoms with Gasteiger partial charge in [0, 0.05) is 23.1 Å². The zero-order valence-electron chi connectivity index (χ0n) is 15.7. The van der Waals surface area contributed by atoms with Gasteiger partial charge >= 0.3 is 11.6 Å². The van der Waals surface area contributed by atoms with Gasteiger partial charge in [-0.1, -0.05) is 44.2 Å². The lowest BCUT2D eigenvalue weighted by Crippen LogP contribution is -2.06. The number of benzene rings is 2. The number of carbonyl (C=O) groups excluding carboxylic acids is 1. The van der Waals surface area contributed by atoms with Crippen molar-refractivity contribution < 1.29 is 13.9 Å². The van der Waals surface area contributed by atoms with Gasteiger partial charge in [-0.3, -0.25) is 0 Å². The Morgan fingerprint density at radius 1 is 1.15 bits per heavy atom. The van der Waals surface area contributed by atoms with Gasteiger partial charge < -0.3 is 9.15 Å². The summed E-state index contributed by atoms with van der Waals surface area (Å²) in [4.78, 5) is 23.9. The van der Waals surface area contributed by atoms with Crippen LogP contribution in [0.1, 0.15) is 42.0 Å². The Labute approximate surface area is 158 Å². The number of fused-ring (bicyclic) bond motifs is 1.